The van der Waals surface area contributed by atoms with E-state index in [-0.39, 0.29) is 0 Å². The van der Waals surface area contributed by atoms with Crippen LogP contribution in [0.4, 0.5) is 0 Å². The van der Waals surface area contributed by atoms with Crippen LogP contribution in [-0.4, -0.2) is 60.3 Å². The van der Waals surface area contributed by atoms with Gasteiger partial charge in [0.1, 0.15) is 5.75 Å². The molecule has 1 saturated heterocycles. The lowest BCUT2D eigenvalue weighted by Crippen LogP contribution is -2.46. The highest BCUT2D eigenvalue weighted by atomic mass is 35.5. The Bertz CT molecular complexity index is 915. The average Bonchev–Trinajstić information content (AvgIpc) is 2.81. The number of aliphatic hydroxyl groups is 1. The van der Waals surface area contributed by atoms with Crippen LogP contribution >= 0.6 is 11.6 Å². The Labute approximate surface area is 197 Å². The van der Waals surface area contributed by atoms with Crippen molar-refractivity contribution in [1.29, 1.82) is 0 Å². The number of rotatable bonds is 7. The highest BCUT2D eigenvalue weighted by molar-refractivity contribution is 6.30. The Morgan fingerprint density at radius 2 is 1.72 bits per heavy atom. The first-order valence-electron chi connectivity index (χ1n) is 11.8. The van der Waals surface area contributed by atoms with Gasteiger partial charge < -0.3 is 9.84 Å². The first-order chi connectivity index (χ1) is 15.6. The van der Waals surface area contributed by atoms with Gasteiger partial charge in [-0.25, -0.2) is 0 Å². The minimum absolute atomic E-state index is 0.737. The minimum Gasteiger partial charge on any atom is -0.497 e. The fourth-order valence-corrected chi connectivity index (χ4v) is 5.23. The smallest absolute Gasteiger partial charge is 0.119 e. The molecule has 2 aromatic carbocycles. The van der Waals surface area contributed by atoms with Crippen LogP contribution in [0.25, 0.3) is 5.57 Å². The number of nitrogens with zero attached hydrogens (tertiary/aromatic N) is 2. The van der Waals surface area contributed by atoms with Crippen LogP contribution < -0.4 is 4.74 Å². The summed E-state index contributed by atoms with van der Waals surface area (Å²) < 4.78 is 5.45. The second-order valence-corrected chi connectivity index (χ2v) is 9.59. The van der Waals surface area contributed by atoms with Gasteiger partial charge in [0.05, 0.1) is 12.7 Å². The molecular weight excluding hydrogens is 420 g/mol. The van der Waals surface area contributed by atoms with Gasteiger partial charge in [0, 0.05) is 44.3 Å². The first kappa shape index (κ1) is 23.3. The van der Waals surface area contributed by atoms with E-state index in [4.69, 9.17) is 16.3 Å². The molecule has 2 fully saturated rings. The number of methoxy groups -OCH3 is 1. The fourth-order valence-electron chi connectivity index (χ4n) is 5.02. The van der Waals surface area contributed by atoms with Crippen LogP contribution in [-0.2, 0) is 6.54 Å². The molecule has 172 valence electrons. The highest BCUT2D eigenvalue weighted by Crippen LogP contribution is 2.40. The Hall–Kier alpha value is -1.85. The maximum absolute atomic E-state index is 11.6. The van der Waals surface area contributed by atoms with Crippen molar-refractivity contribution >= 4 is 17.2 Å². The van der Waals surface area contributed by atoms with Gasteiger partial charge in [0.2, 0.25) is 0 Å². The summed E-state index contributed by atoms with van der Waals surface area (Å²) in [5, 5.41) is 12.4. The molecule has 0 amide bonds. The van der Waals surface area contributed by atoms with Crippen molar-refractivity contribution in [3.8, 4) is 5.75 Å². The van der Waals surface area contributed by atoms with Crippen molar-refractivity contribution in [2.75, 3.05) is 39.8 Å². The van der Waals surface area contributed by atoms with Gasteiger partial charge in [0.15, 0.2) is 0 Å². The normalized spacial score (nSPS) is 20.3. The molecule has 2 aromatic rings. The predicted octanol–water partition coefficient (Wildman–Crippen LogP) is 5.25. The monoisotopic (exact) mass is 454 g/mol. The minimum atomic E-state index is -0.737. The van der Waals surface area contributed by atoms with Crippen molar-refractivity contribution in [1.82, 2.24) is 9.80 Å². The molecule has 1 heterocycles. The van der Waals surface area contributed by atoms with Gasteiger partial charge in [-0.3, -0.25) is 9.80 Å². The van der Waals surface area contributed by atoms with E-state index in [1.807, 2.05) is 24.3 Å². The van der Waals surface area contributed by atoms with E-state index in [9.17, 15) is 5.11 Å². The van der Waals surface area contributed by atoms with E-state index in [0.717, 1.165) is 86.9 Å². The fraction of sp³-hybridized carbons (Fsp3) is 0.481. The number of hydrogen-bond donors (Lipinski definition) is 1. The van der Waals surface area contributed by atoms with Gasteiger partial charge in [-0.2, -0.15) is 0 Å². The second kappa shape index (κ2) is 10.8. The Morgan fingerprint density at radius 1 is 1.00 bits per heavy atom. The Morgan fingerprint density at radius 3 is 2.44 bits per heavy atom. The lowest BCUT2D eigenvalue weighted by Gasteiger charge is -2.37. The molecule has 0 unspecified atom stereocenters. The maximum Gasteiger partial charge on any atom is 0.119 e. The van der Waals surface area contributed by atoms with Gasteiger partial charge in [-0.05, 0) is 53.8 Å². The number of halogens is 1. The SMILES string of the molecule is COc1cccc(/C(=C\CN2CCN(Cc3cccc(Cl)c3)CC2)C2(O)CCCCC2)c1. The summed E-state index contributed by atoms with van der Waals surface area (Å²) in [7, 11) is 1.70. The number of ether oxygens (including phenoxy) is 1. The molecule has 2 aliphatic rings. The van der Waals surface area contributed by atoms with Crippen molar-refractivity contribution in [3.63, 3.8) is 0 Å². The molecule has 0 radical (unpaired) electrons. The summed E-state index contributed by atoms with van der Waals surface area (Å²) in [6.45, 7) is 5.94. The molecule has 1 aliphatic heterocycles. The third-order valence-corrected chi connectivity index (χ3v) is 7.11. The summed E-state index contributed by atoms with van der Waals surface area (Å²) in [4.78, 5) is 4.98. The topological polar surface area (TPSA) is 35.9 Å². The molecule has 4 rings (SSSR count). The molecule has 1 saturated carbocycles. The van der Waals surface area contributed by atoms with Crippen LogP contribution in [0, 0.1) is 0 Å². The zero-order valence-electron chi connectivity index (χ0n) is 19.1. The zero-order chi connectivity index (χ0) is 22.4. The third-order valence-electron chi connectivity index (χ3n) is 6.88. The third kappa shape index (κ3) is 5.93. The van der Waals surface area contributed by atoms with Crippen molar-refractivity contribution < 1.29 is 9.84 Å². The van der Waals surface area contributed by atoms with Crippen LogP contribution in [0.5, 0.6) is 5.75 Å². The quantitative estimate of drug-likeness (QED) is 0.620. The molecular formula is C27H35ClN2O2. The maximum atomic E-state index is 11.6. The molecule has 0 bridgehead atoms. The number of piperazine rings is 1. The van der Waals surface area contributed by atoms with E-state index in [1.54, 1.807) is 7.11 Å². The van der Waals surface area contributed by atoms with Gasteiger partial charge in [0.25, 0.3) is 0 Å². The summed E-state index contributed by atoms with van der Waals surface area (Å²) in [6, 6.07) is 16.3. The molecule has 0 spiro atoms. The highest BCUT2D eigenvalue weighted by Gasteiger charge is 2.34. The molecule has 0 atom stereocenters. The summed E-state index contributed by atoms with van der Waals surface area (Å²) in [6.07, 6.45) is 7.32. The van der Waals surface area contributed by atoms with Gasteiger partial charge in [-0.1, -0.05) is 61.2 Å². The first-order valence-corrected chi connectivity index (χ1v) is 12.2. The summed E-state index contributed by atoms with van der Waals surface area (Å²) in [5.41, 5.74) is 2.68. The Kier molecular flexibility index (Phi) is 7.90. The van der Waals surface area contributed by atoms with Crippen molar-refractivity contribution in [2.24, 2.45) is 0 Å². The van der Waals surface area contributed by atoms with Crippen LogP contribution in [0.2, 0.25) is 5.02 Å². The Balaban J connectivity index is 1.42. The molecule has 4 nitrogen and oxygen atoms in total. The van der Waals surface area contributed by atoms with Crippen molar-refractivity contribution in [2.45, 2.75) is 44.2 Å². The van der Waals surface area contributed by atoms with E-state index in [0.29, 0.717) is 0 Å². The van der Waals surface area contributed by atoms with Gasteiger partial charge in [-0.15, -0.1) is 0 Å². The lowest BCUT2D eigenvalue weighted by molar-refractivity contribution is 0.0608. The molecule has 5 heteroatoms. The summed E-state index contributed by atoms with van der Waals surface area (Å²) >= 11 is 6.14. The van der Waals surface area contributed by atoms with Crippen molar-refractivity contribution in [3.05, 3.63) is 70.8 Å². The average molecular weight is 455 g/mol. The molecule has 0 aromatic heterocycles. The largest absolute Gasteiger partial charge is 0.497 e. The summed E-state index contributed by atoms with van der Waals surface area (Å²) in [5.74, 6) is 0.836. The van der Waals surface area contributed by atoms with Crippen LogP contribution in [0.15, 0.2) is 54.6 Å². The van der Waals surface area contributed by atoms with Gasteiger partial charge >= 0.3 is 0 Å². The van der Waals surface area contributed by atoms with E-state index in [1.165, 1.54) is 12.0 Å². The molecule has 1 aliphatic carbocycles. The molecule has 32 heavy (non-hydrogen) atoms. The van der Waals surface area contributed by atoms with E-state index >= 15 is 0 Å². The lowest BCUT2D eigenvalue weighted by atomic mass is 9.76. The standard InChI is InChI=1S/C27H35ClN2O2/c1-32-25-10-6-8-23(20-25)26(27(31)12-3-2-4-13-27)11-14-29-15-17-30(18-16-29)21-22-7-5-9-24(28)19-22/h5-11,19-20,31H,2-4,12-18,21H2,1H3/b26-11+. The number of hydrogen-bond acceptors (Lipinski definition) is 4. The van der Waals surface area contributed by atoms with E-state index < -0.39 is 5.60 Å². The number of benzene rings is 2. The van der Waals surface area contributed by atoms with E-state index in [2.05, 4.69) is 40.1 Å². The second-order valence-electron chi connectivity index (χ2n) is 9.15. The van der Waals surface area contributed by atoms with Crippen LogP contribution in [0.1, 0.15) is 43.2 Å². The van der Waals surface area contributed by atoms with Crippen LogP contribution in [0.3, 0.4) is 0 Å². The zero-order valence-corrected chi connectivity index (χ0v) is 19.9. The molecule has 1 N–H and O–H groups in total. The predicted molar refractivity (Wildman–Crippen MR) is 132 cm³/mol.